The SMILES string of the molecule is C.CCC[C@H](NC(=O)c1ccc(-c2ccc(Nc3nc4ccc(C(F)(F)F)cc4s3)cc2)cc1)C(=O)O. The lowest BCUT2D eigenvalue weighted by molar-refractivity contribution is -0.139. The lowest BCUT2D eigenvalue weighted by Crippen LogP contribution is -2.40. The van der Waals surface area contributed by atoms with Crippen LogP contribution in [-0.4, -0.2) is 28.0 Å². The first-order chi connectivity index (χ1) is 17.1. The molecule has 0 radical (unpaired) electrons. The van der Waals surface area contributed by atoms with Crippen LogP contribution in [0.4, 0.5) is 24.0 Å². The lowest BCUT2D eigenvalue weighted by atomic mass is 10.0. The first kappa shape index (κ1) is 27.7. The van der Waals surface area contributed by atoms with Gasteiger partial charge in [0, 0.05) is 11.3 Å². The number of carbonyl (C=O) groups is 2. The van der Waals surface area contributed by atoms with Crippen molar-refractivity contribution in [3.63, 3.8) is 0 Å². The van der Waals surface area contributed by atoms with E-state index in [1.165, 1.54) is 6.07 Å². The quantitative estimate of drug-likeness (QED) is 0.222. The normalized spacial score (nSPS) is 12.0. The molecule has 0 saturated carbocycles. The van der Waals surface area contributed by atoms with E-state index in [-0.39, 0.29) is 7.43 Å². The lowest BCUT2D eigenvalue weighted by Gasteiger charge is -2.13. The van der Waals surface area contributed by atoms with E-state index in [9.17, 15) is 27.9 Å². The van der Waals surface area contributed by atoms with E-state index >= 15 is 0 Å². The van der Waals surface area contributed by atoms with Crippen molar-refractivity contribution in [2.75, 3.05) is 5.32 Å². The Morgan fingerprint density at radius 3 is 2.19 bits per heavy atom. The second kappa shape index (κ2) is 11.4. The average molecular weight is 530 g/mol. The molecule has 0 aliphatic heterocycles. The van der Waals surface area contributed by atoms with Crippen LogP contribution in [0.25, 0.3) is 21.3 Å². The Morgan fingerprint density at radius 2 is 1.62 bits per heavy atom. The number of nitrogens with one attached hydrogen (secondary N) is 2. The van der Waals surface area contributed by atoms with E-state index in [0.29, 0.717) is 33.8 Å². The molecule has 0 aliphatic carbocycles. The Balaban J connectivity index is 0.00000380. The maximum Gasteiger partial charge on any atom is 0.416 e. The van der Waals surface area contributed by atoms with Gasteiger partial charge in [-0.2, -0.15) is 13.2 Å². The number of benzene rings is 3. The summed E-state index contributed by atoms with van der Waals surface area (Å²) >= 11 is 1.14. The number of aromatic nitrogens is 1. The van der Waals surface area contributed by atoms with Gasteiger partial charge in [-0.05, 0) is 60.0 Å². The number of carboxylic acids is 1. The highest BCUT2D eigenvalue weighted by Gasteiger charge is 2.30. The topological polar surface area (TPSA) is 91.3 Å². The third kappa shape index (κ3) is 6.65. The Labute approximate surface area is 216 Å². The van der Waals surface area contributed by atoms with Crippen LogP contribution in [-0.2, 0) is 11.0 Å². The summed E-state index contributed by atoms with van der Waals surface area (Å²) in [6.07, 6.45) is -3.41. The predicted molar refractivity (Wildman–Crippen MR) is 140 cm³/mol. The minimum atomic E-state index is -4.40. The monoisotopic (exact) mass is 529 g/mol. The number of aliphatic carboxylic acids is 1. The standard InChI is InChI=1S/C26H22F3N3O3S.CH4/c1-2-3-21(24(34)35)31-23(33)17-6-4-15(5-7-17)16-8-11-19(12-9-16)30-25-32-20-13-10-18(26(27,28)29)14-22(20)36-25;/h4-14,21H,2-3H2,1H3,(H,30,32)(H,31,33)(H,34,35);1H4/t21-;/m0./s1. The van der Waals surface area contributed by atoms with Gasteiger partial charge in [0.1, 0.15) is 6.04 Å². The van der Waals surface area contributed by atoms with Crippen molar-refractivity contribution in [1.82, 2.24) is 10.3 Å². The number of fused-ring (bicyclic) bond motifs is 1. The number of nitrogens with zero attached hydrogens (tertiary/aromatic N) is 1. The zero-order valence-corrected chi connectivity index (χ0v) is 19.9. The summed E-state index contributed by atoms with van der Waals surface area (Å²) in [6.45, 7) is 1.85. The molecule has 4 aromatic rings. The van der Waals surface area contributed by atoms with Gasteiger partial charge < -0.3 is 15.7 Å². The minimum Gasteiger partial charge on any atom is -0.480 e. The molecular weight excluding hydrogens is 503 g/mol. The van der Waals surface area contributed by atoms with Crippen molar-refractivity contribution >= 4 is 44.2 Å². The van der Waals surface area contributed by atoms with Crippen LogP contribution in [0.15, 0.2) is 66.7 Å². The fourth-order valence-corrected chi connectivity index (χ4v) is 4.55. The summed E-state index contributed by atoms with van der Waals surface area (Å²) in [5.74, 6) is -1.51. The van der Waals surface area contributed by atoms with Crippen molar-refractivity contribution in [1.29, 1.82) is 0 Å². The van der Waals surface area contributed by atoms with Crippen LogP contribution in [0.3, 0.4) is 0 Å². The third-order valence-electron chi connectivity index (χ3n) is 5.51. The molecule has 1 atom stereocenters. The summed E-state index contributed by atoms with van der Waals surface area (Å²) in [5.41, 5.74) is 2.62. The third-order valence-corrected chi connectivity index (χ3v) is 6.45. The van der Waals surface area contributed by atoms with Gasteiger partial charge >= 0.3 is 12.1 Å². The first-order valence-corrected chi connectivity index (χ1v) is 11.9. The zero-order chi connectivity index (χ0) is 25.9. The highest BCUT2D eigenvalue weighted by molar-refractivity contribution is 7.22. The van der Waals surface area contributed by atoms with Crippen molar-refractivity contribution in [3.05, 3.63) is 77.9 Å². The number of rotatable bonds is 8. The Bertz CT molecular complexity index is 1380. The highest BCUT2D eigenvalue weighted by Crippen LogP contribution is 2.35. The van der Waals surface area contributed by atoms with Crippen LogP contribution in [0.1, 0.15) is 43.1 Å². The molecule has 3 N–H and O–H groups in total. The molecule has 1 aromatic heterocycles. The molecular formula is C27H26F3N3O3S. The van der Waals surface area contributed by atoms with E-state index in [1.54, 1.807) is 24.3 Å². The molecule has 6 nitrogen and oxygen atoms in total. The molecule has 10 heteroatoms. The van der Waals surface area contributed by atoms with Crippen molar-refractivity contribution in [2.24, 2.45) is 0 Å². The highest BCUT2D eigenvalue weighted by atomic mass is 32.1. The molecule has 0 unspecified atom stereocenters. The molecule has 3 aromatic carbocycles. The maximum atomic E-state index is 12.9. The van der Waals surface area contributed by atoms with Gasteiger partial charge in [0.2, 0.25) is 0 Å². The van der Waals surface area contributed by atoms with E-state index in [1.807, 2.05) is 31.2 Å². The van der Waals surface area contributed by atoms with Gasteiger partial charge in [-0.1, -0.05) is 56.4 Å². The number of thiazole rings is 1. The molecule has 37 heavy (non-hydrogen) atoms. The first-order valence-electron chi connectivity index (χ1n) is 11.1. The molecule has 0 saturated heterocycles. The minimum absolute atomic E-state index is 0. The van der Waals surface area contributed by atoms with Gasteiger partial charge in [0.05, 0.1) is 15.8 Å². The second-order valence-electron chi connectivity index (χ2n) is 8.13. The molecule has 1 amide bonds. The summed E-state index contributed by atoms with van der Waals surface area (Å²) in [4.78, 5) is 28.0. The number of halogens is 3. The Hall–Kier alpha value is -3.92. The fourth-order valence-electron chi connectivity index (χ4n) is 3.63. The van der Waals surface area contributed by atoms with Gasteiger partial charge in [-0.15, -0.1) is 0 Å². The van der Waals surface area contributed by atoms with E-state index in [4.69, 9.17) is 0 Å². The molecule has 194 valence electrons. The molecule has 0 bridgehead atoms. The maximum absolute atomic E-state index is 12.9. The molecule has 4 rings (SSSR count). The number of hydrogen-bond donors (Lipinski definition) is 3. The number of anilines is 2. The van der Waals surface area contributed by atoms with Crippen molar-refractivity contribution in [3.8, 4) is 11.1 Å². The molecule has 0 aliphatic rings. The van der Waals surface area contributed by atoms with Crippen LogP contribution < -0.4 is 10.6 Å². The van der Waals surface area contributed by atoms with Crippen LogP contribution in [0.5, 0.6) is 0 Å². The number of alkyl halides is 3. The summed E-state index contributed by atoms with van der Waals surface area (Å²) in [7, 11) is 0. The number of hydrogen-bond acceptors (Lipinski definition) is 5. The van der Waals surface area contributed by atoms with E-state index < -0.39 is 29.7 Å². The fraction of sp³-hybridized carbons (Fsp3) is 0.222. The van der Waals surface area contributed by atoms with Gasteiger partial charge in [-0.3, -0.25) is 4.79 Å². The zero-order valence-electron chi connectivity index (χ0n) is 19.1. The van der Waals surface area contributed by atoms with E-state index in [0.717, 1.165) is 40.3 Å². The van der Waals surface area contributed by atoms with Crippen molar-refractivity contribution in [2.45, 2.75) is 39.4 Å². The van der Waals surface area contributed by atoms with E-state index in [2.05, 4.69) is 15.6 Å². The summed E-state index contributed by atoms with van der Waals surface area (Å²) < 4.78 is 39.3. The number of amides is 1. The Kier molecular flexibility index (Phi) is 8.54. The van der Waals surface area contributed by atoms with Gasteiger partial charge in [0.25, 0.3) is 5.91 Å². The molecule has 1 heterocycles. The second-order valence-corrected chi connectivity index (χ2v) is 9.16. The van der Waals surface area contributed by atoms with Crippen molar-refractivity contribution < 1.29 is 27.9 Å². The summed E-state index contributed by atoms with van der Waals surface area (Å²) in [6, 6.07) is 16.8. The largest absolute Gasteiger partial charge is 0.480 e. The average Bonchev–Trinajstić information content (AvgIpc) is 3.25. The van der Waals surface area contributed by atoms with Gasteiger partial charge in [-0.25, -0.2) is 9.78 Å². The predicted octanol–water partition coefficient (Wildman–Crippen LogP) is 7.34. The smallest absolute Gasteiger partial charge is 0.416 e. The summed E-state index contributed by atoms with van der Waals surface area (Å²) in [5, 5.41) is 15.4. The number of carboxylic acid groups (broad SMARTS) is 1. The van der Waals surface area contributed by atoms with Gasteiger partial charge in [0.15, 0.2) is 5.13 Å². The van der Waals surface area contributed by atoms with Crippen LogP contribution >= 0.6 is 11.3 Å². The van der Waals surface area contributed by atoms with Crippen LogP contribution in [0, 0.1) is 0 Å². The van der Waals surface area contributed by atoms with Crippen LogP contribution in [0.2, 0.25) is 0 Å². The molecule has 0 fully saturated rings. The Morgan fingerprint density at radius 1 is 1.00 bits per heavy atom. The molecule has 0 spiro atoms. The number of carbonyl (C=O) groups excluding carboxylic acids is 1.